The summed E-state index contributed by atoms with van der Waals surface area (Å²) in [5.41, 5.74) is 0.0443. The normalized spacial score (nSPS) is 17.2. The van der Waals surface area contributed by atoms with Crippen molar-refractivity contribution in [1.82, 2.24) is 15.1 Å². The molecule has 2 fully saturated rings. The Labute approximate surface area is 296 Å². The van der Waals surface area contributed by atoms with Crippen molar-refractivity contribution in [2.24, 2.45) is 0 Å². The van der Waals surface area contributed by atoms with E-state index in [1.807, 2.05) is 6.08 Å². The predicted octanol–water partition coefficient (Wildman–Crippen LogP) is 9.34. The highest BCUT2D eigenvalue weighted by molar-refractivity contribution is 6.00. The van der Waals surface area contributed by atoms with Crippen LogP contribution in [0.25, 0.3) is 5.76 Å². The van der Waals surface area contributed by atoms with Gasteiger partial charge in [0.15, 0.2) is 0 Å². The van der Waals surface area contributed by atoms with Gasteiger partial charge < -0.3 is 9.64 Å². The van der Waals surface area contributed by atoms with E-state index in [1.165, 1.54) is 69.9 Å². The highest BCUT2D eigenvalue weighted by Gasteiger charge is 2.46. The highest BCUT2D eigenvalue weighted by atomic mass is 19.1. The zero-order valence-corrected chi connectivity index (χ0v) is 30.9. The van der Waals surface area contributed by atoms with Gasteiger partial charge in [-0.25, -0.2) is 4.39 Å². The molecule has 0 bridgehead atoms. The molecule has 276 valence electrons. The number of ether oxygens (including phenoxy) is 1. The van der Waals surface area contributed by atoms with E-state index in [1.54, 1.807) is 12.1 Å². The van der Waals surface area contributed by atoms with E-state index in [0.717, 1.165) is 84.1 Å². The van der Waals surface area contributed by atoms with Gasteiger partial charge >= 0.3 is 5.97 Å². The molecule has 2 saturated heterocycles. The molecule has 49 heavy (non-hydrogen) atoms. The van der Waals surface area contributed by atoms with Crippen LogP contribution in [0.5, 0.6) is 0 Å². The van der Waals surface area contributed by atoms with Crippen LogP contribution in [0.1, 0.15) is 161 Å². The molecule has 1 aromatic carbocycles. The van der Waals surface area contributed by atoms with Crippen molar-refractivity contribution in [3.8, 4) is 0 Å². The Hall–Kier alpha value is -2.58. The van der Waals surface area contributed by atoms with Crippen LogP contribution in [0.2, 0.25) is 0 Å². The van der Waals surface area contributed by atoms with Gasteiger partial charge in [-0.15, -0.1) is 0 Å². The Morgan fingerprint density at radius 1 is 0.755 bits per heavy atom. The Morgan fingerprint density at radius 3 is 1.90 bits per heavy atom. The number of hydrogen-bond donors (Lipinski definition) is 1. The minimum Gasteiger partial charge on any atom is -0.426 e. The largest absolute Gasteiger partial charge is 0.426 e. The van der Waals surface area contributed by atoms with Gasteiger partial charge in [0.05, 0.1) is 0 Å². The molecule has 0 radical (unpaired) electrons. The third kappa shape index (κ3) is 15.1. The maximum absolute atomic E-state index is 13.8. The Morgan fingerprint density at radius 2 is 1.31 bits per heavy atom. The van der Waals surface area contributed by atoms with Crippen molar-refractivity contribution in [1.29, 1.82) is 0 Å². The molecule has 1 aromatic rings. The van der Waals surface area contributed by atoms with Crippen LogP contribution in [0, 0.1) is 5.82 Å². The van der Waals surface area contributed by atoms with Gasteiger partial charge in [0, 0.05) is 38.0 Å². The van der Waals surface area contributed by atoms with Crippen LogP contribution >= 0.6 is 0 Å². The van der Waals surface area contributed by atoms with Crippen molar-refractivity contribution >= 4 is 23.5 Å². The van der Waals surface area contributed by atoms with E-state index in [2.05, 4.69) is 29.0 Å². The summed E-state index contributed by atoms with van der Waals surface area (Å²) < 4.78 is 19.5. The average Bonchev–Trinajstić information content (AvgIpc) is 3.11. The third-order valence-corrected chi connectivity index (χ3v) is 10.4. The van der Waals surface area contributed by atoms with Crippen LogP contribution in [0.15, 0.2) is 30.3 Å². The van der Waals surface area contributed by atoms with Crippen LogP contribution < -0.4 is 5.32 Å². The molecule has 0 spiro atoms. The quantitative estimate of drug-likeness (QED) is 0.0704. The number of hydrogen-bond acceptors (Lipinski definition) is 6. The topological polar surface area (TPSA) is 79.0 Å². The lowest BCUT2D eigenvalue weighted by atomic mass is 9.83. The van der Waals surface area contributed by atoms with Crippen molar-refractivity contribution < 1.29 is 23.5 Å². The van der Waals surface area contributed by atoms with Crippen molar-refractivity contribution in [2.75, 3.05) is 32.7 Å². The van der Waals surface area contributed by atoms with Gasteiger partial charge in [0.25, 0.3) is 0 Å². The predicted molar refractivity (Wildman–Crippen MR) is 197 cm³/mol. The number of esters is 1. The number of halogens is 1. The molecule has 0 atom stereocenters. The smallest absolute Gasteiger partial charge is 0.311 e. The van der Waals surface area contributed by atoms with Crippen molar-refractivity contribution in [3.63, 3.8) is 0 Å². The van der Waals surface area contributed by atoms with Crippen molar-refractivity contribution in [3.05, 3.63) is 41.7 Å². The molecule has 0 unspecified atom stereocenters. The molecule has 0 aliphatic carbocycles. The first-order valence-electron chi connectivity index (χ1n) is 19.9. The second-order valence-corrected chi connectivity index (χ2v) is 14.4. The highest BCUT2D eigenvalue weighted by Crippen LogP contribution is 2.32. The maximum Gasteiger partial charge on any atom is 0.311 e. The zero-order valence-electron chi connectivity index (χ0n) is 30.9. The zero-order chi connectivity index (χ0) is 35.2. The Kier molecular flexibility index (Phi) is 19.8. The van der Waals surface area contributed by atoms with Crippen LogP contribution in [-0.4, -0.2) is 65.8 Å². The maximum atomic E-state index is 13.8. The van der Waals surface area contributed by atoms with Gasteiger partial charge in [0.1, 0.15) is 17.1 Å². The number of unbranched alkanes of at least 4 members (excludes halogenated alkanes) is 12. The molecule has 3 rings (SSSR count). The summed E-state index contributed by atoms with van der Waals surface area (Å²) in [5.74, 6) is -0.357. The van der Waals surface area contributed by atoms with Gasteiger partial charge in [0.2, 0.25) is 11.8 Å². The Balaban J connectivity index is 1.52. The minimum atomic E-state index is -0.645. The first-order valence-corrected chi connectivity index (χ1v) is 19.9. The number of likely N-dealkylation sites (tertiary alicyclic amines) is 2. The molecular formula is C41H66FN3O4. The number of nitrogens with one attached hydrogen (secondary N) is 1. The fraction of sp³-hybridized carbons (Fsp3) is 0.732. The number of carbonyl (C=O) groups excluding carboxylic acids is 3. The lowest BCUT2D eigenvalue weighted by Crippen LogP contribution is -2.64. The number of piperidine rings is 2. The number of amides is 2. The standard InChI is InChI=1S/C41H66FN3O4/c1-3-5-7-9-11-13-16-22-38(46)43-40(48)41(45-31-18-15-19-32-45)28-33-44(34-29-41)30-20-21-37(35-24-26-36(42)27-25-35)49-39(47)23-17-14-12-10-8-6-4-2/h21,24-27H,3-20,22-23,28-34H2,1-2H3,(H,43,46,48)/b37-21-. The molecule has 2 aliphatic rings. The molecule has 2 amide bonds. The minimum absolute atomic E-state index is 0.117. The average molecular weight is 684 g/mol. The number of imide groups is 1. The monoisotopic (exact) mass is 684 g/mol. The van der Waals surface area contributed by atoms with Gasteiger partial charge in [-0.05, 0) is 88.4 Å². The lowest BCUT2D eigenvalue weighted by molar-refractivity contribution is -0.143. The van der Waals surface area contributed by atoms with E-state index in [9.17, 15) is 18.8 Å². The summed E-state index contributed by atoms with van der Waals surface area (Å²) in [6.45, 7) is 8.49. The second kappa shape index (κ2) is 23.8. The Bertz CT molecular complexity index is 1120. The SMILES string of the molecule is CCCCCCCCCC(=O)NC(=O)C1(N2CCCCC2)CCN(CC/C=C(\OC(=O)CCCCCCCCC)c2ccc(F)cc2)CC1. The first kappa shape index (κ1) is 40.8. The number of nitrogens with zero attached hydrogens (tertiary/aromatic N) is 2. The summed E-state index contributed by atoms with van der Waals surface area (Å²) in [5, 5.41) is 2.82. The van der Waals surface area contributed by atoms with E-state index >= 15 is 0 Å². The van der Waals surface area contributed by atoms with Gasteiger partial charge in [-0.3, -0.25) is 24.6 Å². The second-order valence-electron chi connectivity index (χ2n) is 14.4. The summed E-state index contributed by atoms with van der Waals surface area (Å²) in [4.78, 5) is 44.1. The summed E-state index contributed by atoms with van der Waals surface area (Å²) in [7, 11) is 0. The van der Waals surface area contributed by atoms with Crippen LogP contribution in [0.4, 0.5) is 4.39 Å². The van der Waals surface area contributed by atoms with E-state index in [4.69, 9.17) is 4.74 Å². The van der Waals surface area contributed by atoms with E-state index in [-0.39, 0.29) is 23.6 Å². The third-order valence-electron chi connectivity index (χ3n) is 10.4. The van der Waals surface area contributed by atoms with E-state index < -0.39 is 5.54 Å². The van der Waals surface area contributed by atoms with Gasteiger partial charge in [-0.1, -0.05) is 97.3 Å². The lowest BCUT2D eigenvalue weighted by Gasteiger charge is -2.48. The fourth-order valence-electron chi connectivity index (χ4n) is 7.31. The van der Waals surface area contributed by atoms with E-state index in [0.29, 0.717) is 43.4 Å². The molecule has 1 N–H and O–H groups in total. The molecule has 7 nitrogen and oxygen atoms in total. The first-order chi connectivity index (χ1) is 23.9. The molecule has 0 saturated carbocycles. The number of carbonyl (C=O) groups is 3. The summed E-state index contributed by atoms with van der Waals surface area (Å²) in [6.07, 6.45) is 24.0. The fourth-order valence-corrected chi connectivity index (χ4v) is 7.31. The van der Waals surface area contributed by atoms with Gasteiger partial charge in [-0.2, -0.15) is 0 Å². The van der Waals surface area contributed by atoms with Crippen LogP contribution in [0.3, 0.4) is 0 Å². The van der Waals surface area contributed by atoms with Crippen LogP contribution in [-0.2, 0) is 19.1 Å². The summed E-state index contributed by atoms with van der Waals surface area (Å²) in [6, 6.07) is 6.10. The molecule has 0 aromatic heterocycles. The van der Waals surface area contributed by atoms with Crippen molar-refractivity contribution in [2.45, 2.75) is 161 Å². The molecular weight excluding hydrogens is 617 g/mol. The number of benzene rings is 1. The molecule has 2 heterocycles. The molecule has 8 heteroatoms. The summed E-state index contributed by atoms with van der Waals surface area (Å²) >= 11 is 0. The number of rotatable bonds is 23. The molecule has 2 aliphatic heterocycles.